The van der Waals surface area contributed by atoms with Gasteiger partial charge in [0, 0.05) is 10.9 Å². The van der Waals surface area contributed by atoms with Crippen LogP contribution in [-0.4, -0.2) is 49.1 Å². The number of likely N-dealkylation sites (N-methyl/N-ethyl adjacent to an activating group) is 1. The minimum absolute atomic E-state index is 0.0680. The lowest BCUT2D eigenvalue weighted by Gasteiger charge is -2.30. The first-order valence-corrected chi connectivity index (χ1v) is 9.44. The number of rotatable bonds is 3. The van der Waals surface area contributed by atoms with Crippen LogP contribution in [0.5, 0.6) is 0 Å². The number of piperazine rings is 1. The maximum Gasteiger partial charge on any atom is 0.266 e. The van der Waals surface area contributed by atoms with E-state index in [2.05, 4.69) is 43.7 Å². The zero-order chi connectivity index (χ0) is 18.8. The highest BCUT2D eigenvalue weighted by molar-refractivity contribution is 6.07. The van der Waals surface area contributed by atoms with Crippen molar-refractivity contribution in [3.8, 4) is 11.3 Å². The van der Waals surface area contributed by atoms with Gasteiger partial charge in [0.15, 0.2) is 0 Å². The predicted octanol–water partition coefficient (Wildman–Crippen LogP) is 1.69. The molecule has 1 fully saturated rings. The maximum absolute atomic E-state index is 13.1. The van der Waals surface area contributed by atoms with Gasteiger partial charge in [0.05, 0.1) is 50.0 Å². The highest BCUT2D eigenvalue weighted by Crippen LogP contribution is 2.25. The third kappa shape index (κ3) is 3.84. The smallest absolute Gasteiger partial charge is 0.266 e. The van der Waals surface area contributed by atoms with Gasteiger partial charge in [0.25, 0.3) is 5.91 Å². The van der Waals surface area contributed by atoms with Crippen LogP contribution in [0.25, 0.3) is 22.2 Å². The van der Waals surface area contributed by atoms with Gasteiger partial charge < -0.3 is 4.90 Å². The van der Waals surface area contributed by atoms with Gasteiger partial charge in [-0.05, 0) is 19.1 Å². The number of carbonyl (C=O) groups is 1. The Bertz CT molecular complexity index is 960. The lowest BCUT2D eigenvalue weighted by Crippen LogP contribution is -3.12. The topological polar surface area (TPSA) is 49.7 Å². The second-order valence-electron chi connectivity index (χ2n) is 7.32. The molecule has 2 heterocycles. The van der Waals surface area contributed by atoms with Crippen molar-refractivity contribution in [1.82, 2.24) is 15.4 Å². The molecule has 1 aliphatic rings. The molecule has 0 radical (unpaired) electrons. The van der Waals surface area contributed by atoms with E-state index in [0.29, 0.717) is 5.56 Å². The molecule has 0 atom stereocenters. The number of aryl methyl sites for hydroxylation is 1. The molecule has 0 aliphatic carbocycles. The minimum atomic E-state index is -0.0680. The van der Waals surface area contributed by atoms with Crippen molar-refractivity contribution in [2.45, 2.75) is 6.92 Å². The van der Waals surface area contributed by atoms with E-state index in [1.807, 2.05) is 35.3 Å². The summed E-state index contributed by atoms with van der Waals surface area (Å²) < 4.78 is 0. The van der Waals surface area contributed by atoms with E-state index in [-0.39, 0.29) is 5.91 Å². The molecule has 0 spiro atoms. The van der Waals surface area contributed by atoms with Crippen molar-refractivity contribution in [1.29, 1.82) is 0 Å². The zero-order valence-electron chi connectivity index (χ0n) is 15.8. The summed E-state index contributed by atoms with van der Waals surface area (Å²) in [6.07, 6.45) is 0. The number of nitrogens with zero attached hydrogens (tertiary/aromatic N) is 2. The lowest BCUT2D eigenvalue weighted by molar-refractivity contribution is -0.884. The number of fused-ring (bicyclic) bond motifs is 1. The number of hydrogen-bond donors (Lipinski definition) is 2. The summed E-state index contributed by atoms with van der Waals surface area (Å²) in [5, 5.41) is 2.90. The molecule has 0 saturated carbocycles. The highest BCUT2D eigenvalue weighted by atomic mass is 16.2. The number of hydrazine groups is 1. The van der Waals surface area contributed by atoms with Crippen LogP contribution in [0.4, 0.5) is 0 Å². The summed E-state index contributed by atoms with van der Waals surface area (Å²) in [5.74, 6) is -0.0680. The molecule has 5 heteroatoms. The van der Waals surface area contributed by atoms with Gasteiger partial charge in [-0.3, -0.25) is 10.2 Å². The maximum atomic E-state index is 13.1. The second-order valence-corrected chi connectivity index (χ2v) is 7.32. The van der Waals surface area contributed by atoms with Gasteiger partial charge in [0.1, 0.15) is 0 Å². The van der Waals surface area contributed by atoms with Gasteiger partial charge >= 0.3 is 0 Å². The van der Waals surface area contributed by atoms with Crippen LogP contribution < -0.4 is 10.3 Å². The molecule has 0 unspecified atom stereocenters. The van der Waals surface area contributed by atoms with Crippen LogP contribution in [0, 0.1) is 6.92 Å². The predicted molar refractivity (Wildman–Crippen MR) is 108 cm³/mol. The number of carbonyl (C=O) groups excluding carboxylic acids is 1. The van der Waals surface area contributed by atoms with Crippen LogP contribution in [0.2, 0.25) is 0 Å². The summed E-state index contributed by atoms with van der Waals surface area (Å²) in [7, 11) is 2.18. The van der Waals surface area contributed by atoms with Crippen LogP contribution in [0.3, 0.4) is 0 Å². The number of amides is 1. The first kappa shape index (κ1) is 17.6. The standard InChI is InChI=1S/C22H24N4O/c1-16-7-9-17(10-8-16)21-15-19(18-5-3-4-6-20(18)23-21)22(27)24-26-13-11-25(2)12-14-26/h3-10,15H,11-14H2,1-2H3,(H,24,27)/p+1. The fraction of sp³-hybridized carbons (Fsp3) is 0.273. The Hall–Kier alpha value is -2.76. The first-order valence-electron chi connectivity index (χ1n) is 9.44. The van der Waals surface area contributed by atoms with E-state index in [0.717, 1.165) is 48.3 Å². The van der Waals surface area contributed by atoms with Crippen molar-refractivity contribution in [2.75, 3.05) is 33.2 Å². The van der Waals surface area contributed by atoms with E-state index in [1.54, 1.807) is 0 Å². The Morgan fingerprint density at radius 1 is 1.07 bits per heavy atom. The lowest BCUT2D eigenvalue weighted by atomic mass is 10.0. The van der Waals surface area contributed by atoms with E-state index in [9.17, 15) is 4.79 Å². The molecule has 0 bridgehead atoms. The molecule has 4 rings (SSSR count). The molecule has 1 saturated heterocycles. The number of hydrogen-bond acceptors (Lipinski definition) is 3. The molecule has 1 amide bonds. The third-order valence-corrected chi connectivity index (χ3v) is 5.18. The molecular formula is C22H25N4O+. The Morgan fingerprint density at radius 3 is 2.52 bits per heavy atom. The number of benzene rings is 2. The molecule has 2 N–H and O–H groups in total. The van der Waals surface area contributed by atoms with Crippen molar-refractivity contribution >= 4 is 16.8 Å². The number of nitrogens with one attached hydrogen (secondary N) is 2. The molecule has 3 aromatic rings. The number of quaternary nitrogens is 1. The zero-order valence-corrected chi connectivity index (χ0v) is 15.8. The van der Waals surface area contributed by atoms with Crippen LogP contribution in [0.15, 0.2) is 54.6 Å². The van der Waals surface area contributed by atoms with E-state index in [1.165, 1.54) is 10.5 Å². The van der Waals surface area contributed by atoms with Crippen molar-refractivity contribution in [3.05, 3.63) is 65.7 Å². The molecule has 27 heavy (non-hydrogen) atoms. The van der Waals surface area contributed by atoms with E-state index in [4.69, 9.17) is 4.98 Å². The van der Waals surface area contributed by atoms with Gasteiger partial charge in [-0.25, -0.2) is 9.99 Å². The molecule has 138 valence electrons. The number of para-hydroxylation sites is 1. The van der Waals surface area contributed by atoms with Crippen molar-refractivity contribution in [3.63, 3.8) is 0 Å². The van der Waals surface area contributed by atoms with Crippen LogP contribution in [0.1, 0.15) is 15.9 Å². The first-order chi connectivity index (χ1) is 13.1. The fourth-order valence-corrected chi connectivity index (χ4v) is 3.44. The summed E-state index contributed by atoms with van der Waals surface area (Å²) >= 11 is 0. The van der Waals surface area contributed by atoms with E-state index < -0.39 is 0 Å². The van der Waals surface area contributed by atoms with Crippen LogP contribution in [-0.2, 0) is 0 Å². The van der Waals surface area contributed by atoms with Gasteiger partial charge in [0.2, 0.25) is 0 Å². The fourth-order valence-electron chi connectivity index (χ4n) is 3.44. The second kappa shape index (κ2) is 7.47. The largest absolute Gasteiger partial charge is 0.335 e. The van der Waals surface area contributed by atoms with Crippen molar-refractivity contribution < 1.29 is 9.69 Å². The monoisotopic (exact) mass is 361 g/mol. The number of aromatic nitrogens is 1. The Morgan fingerprint density at radius 2 is 1.78 bits per heavy atom. The summed E-state index contributed by atoms with van der Waals surface area (Å²) in [6, 6.07) is 18.0. The molecule has 1 aliphatic heterocycles. The minimum Gasteiger partial charge on any atom is -0.335 e. The quantitative estimate of drug-likeness (QED) is 0.746. The average Bonchev–Trinajstić information content (AvgIpc) is 2.69. The Kier molecular flexibility index (Phi) is 4.88. The normalized spacial score (nSPS) is 15.8. The molecular weight excluding hydrogens is 336 g/mol. The number of pyridine rings is 1. The average molecular weight is 361 g/mol. The molecule has 2 aromatic carbocycles. The van der Waals surface area contributed by atoms with Gasteiger partial charge in [-0.2, -0.15) is 0 Å². The molecule has 5 nitrogen and oxygen atoms in total. The summed E-state index contributed by atoms with van der Waals surface area (Å²) in [6.45, 7) is 5.86. The summed E-state index contributed by atoms with van der Waals surface area (Å²) in [5.41, 5.74) is 7.64. The Labute approximate surface area is 159 Å². The van der Waals surface area contributed by atoms with Gasteiger partial charge in [-0.1, -0.05) is 48.0 Å². The highest BCUT2D eigenvalue weighted by Gasteiger charge is 2.20. The van der Waals surface area contributed by atoms with E-state index >= 15 is 0 Å². The Balaban J connectivity index is 1.70. The SMILES string of the molecule is Cc1ccc(-c2cc(C(=O)NN3CC[NH+](C)CC3)c3ccccc3n2)cc1. The van der Waals surface area contributed by atoms with Gasteiger partial charge in [-0.15, -0.1) is 0 Å². The molecule has 1 aromatic heterocycles. The summed E-state index contributed by atoms with van der Waals surface area (Å²) in [4.78, 5) is 19.3. The third-order valence-electron chi connectivity index (χ3n) is 5.18. The van der Waals surface area contributed by atoms with Crippen LogP contribution >= 0.6 is 0 Å². The van der Waals surface area contributed by atoms with Crippen molar-refractivity contribution in [2.24, 2.45) is 0 Å².